The highest BCUT2D eigenvalue weighted by atomic mass is 15.1. The lowest BCUT2D eigenvalue weighted by atomic mass is 9.97. The Morgan fingerprint density at radius 3 is 2.52 bits per heavy atom. The maximum absolute atomic E-state index is 6.03. The lowest BCUT2D eigenvalue weighted by Gasteiger charge is -2.31. The summed E-state index contributed by atoms with van der Waals surface area (Å²) in [6.07, 6.45) is 4.96. The van der Waals surface area contributed by atoms with Gasteiger partial charge >= 0.3 is 0 Å². The first-order chi connectivity index (χ1) is 10.2. The van der Waals surface area contributed by atoms with Crippen molar-refractivity contribution in [3.05, 3.63) is 11.4 Å². The Morgan fingerprint density at radius 2 is 1.90 bits per heavy atom. The fraction of sp³-hybridized carbons (Fsp3) is 0.750. The zero-order chi connectivity index (χ0) is 14.8. The van der Waals surface area contributed by atoms with Crippen LogP contribution in [0.2, 0.25) is 0 Å². The summed E-state index contributed by atoms with van der Waals surface area (Å²) in [7, 11) is 0. The van der Waals surface area contributed by atoms with Crippen molar-refractivity contribution in [2.24, 2.45) is 5.92 Å². The van der Waals surface area contributed by atoms with Crippen LogP contribution in [-0.4, -0.2) is 41.0 Å². The SMILES string of the molecule is CCN1CCC(CNc2nc(C3CC3)nc(N)c2C)CC1. The molecule has 0 atom stereocenters. The van der Waals surface area contributed by atoms with Gasteiger partial charge in [-0.05, 0) is 58.2 Å². The number of piperidine rings is 1. The number of nitrogen functional groups attached to an aromatic ring is 1. The zero-order valence-electron chi connectivity index (χ0n) is 13.2. The van der Waals surface area contributed by atoms with Gasteiger partial charge in [-0.2, -0.15) is 0 Å². The summed E-state index contributed by atoms with van der Waals surface area (Å²) in [6.45, 7) is 8.87. The van der Waals surface area contributed by atoms with Crippen LogP contribution in [0, 0.1) is 12.8 Å². The molecule has 0 amide bonds. The molecule has 5 heteroatoms. The molecule has 0 radical (unpaired) electrons. The predicted octanol–water partition coefficient (Wildman–Crippen LogP) is 2.39. The van der Waals surface area contributed by atoms with Crippen LogP contribution in [-0.2, 0) is 0 Å². The van der Waals surface area contributed by atoms with E-state index in [2.05, 4.69) is 22.1 Å². The Balaban J connectivity index is 1.60. The molecule has 21 heavy (non-hydrogen) atoms. The number of likely N-dealkylation sites (tertiary alicyclic amines) is 1. The highest BCUT2D eigenvalue weighted by molar-refractivity contribution is 5.55. The Labute approximate surface area is 127 Å². The summed E-state index contributed by atoms with van der Waals surface area (Å²) in [5.41, 5.74) is 7.03. The third kappa shape index (κ3) is 3.46. The standard InChI is InChI=1S/C16H27N5/c1-3-21-8-6-12(7-9-21)10-18-15-11(2)14(17)19-16(20-15)13-4-5-13/h12-13H,3-10H2,1-2H3,(H3,17,18,19,20). The van der Waals surface area contributed by atoms with E-state index in [4.69, 9.17) is 10.7 Å². The van der Waals surface area contributed by atoms with Crippen molar-refractivity contribution in [2.45, 2.75) is 45.4 Å². The van der Waals surface area contributed by atoms with Gasteiger partial charge < -0.3 is 16.0 Å². The molecule has 1 aromatic heterocycles. The summed E-state index contributed by atoms with van der Waals surface area (Å²) in [6, 6.07) is 0. The molecule has 0 unspecified atom stereocenters. The third-order valence-corrected chi connectivity index (χ3v) is 4.86. The van der Waals surface area contributed by atoms with Crippen molar-refractivity contribution in [1.29, 1.82) is 0 Å². The van der Waals surface area contributed by atoms with Gasteiger partial charge in [0.2, 0.25) is 0 Å². The van der Waals surface area contributed by atoms with Crippen LogP contribution in [0.5, 0.6) is 0 Å². The molecular weight excluding hydrogens is 262 g/mol. The van der Waals surface area contributed by atoms with Crippen LogP contribution in [0.25, 0.3) is 0 Å². The van der Waals surface area contributed by atoms with Crippen molar-refractivity contribution in [3.63, 3.8) is 0 Å². The van der Waals surface area contributed by atoms with E-state index in [9.17, 15) is 0 Å². The first kappa shape index (κ1) is 14.6. The maximum Gasteiger partial charge on any atom is 0.136 e. The van der Waals surface area contributed by atoms with Gasteiger partial charge in [0, 0.05) is 18.0 Å². The average Bonchev–Trinajstić information content (AvgIpc) is 3.34. The molecular formula is C16H27N5. The van der Waals surface area contributed by atoms with E-state index in [-0.39, 0.29) is 0 Å². The topological polar surface area (TPSA) is 67.1 Å². The molecule has 2 heterocycles. The molecule has 0 spiro atoms. The smallest absolute Gasteiger partial charge is 0.136 e. The Kier molecular flexibility index (Phi) is 4.29. The Morgan fingerprint density at radius 1 is 1.19 bits per heavy atom. The van der Waals surface area contributed by atoms with Gasteiger partial charge in [-0.15, -0.1) is 0 Å². The zero-order valence-corrected chi connectivity index (χ0v) is 13.2. The lowest BCUT2D eigenvalue weighted by molar-refractivity contribution is 0.198. The van der Waals surface area contributed by atoms with E-state index in [1.165, 1.54) is 45.3 Å². The van der Waals surface area contributed by atoms with Gasteiger partial charge in [0.25, 0.3) is 0 Å². The van der Waals surface area contributed by atoms with Gasteiger partial charge in [-0.3, -0.25) is 0 Å². The number of nitrogens with two attached hydrogens (primary N) is 1. The first-order valence-corrected chi connectivity index (χ1v) is 8.27. The van der Waals surface area contributed by atoms with E-state index >= 15 is 0 Å². The lowest BCUT2D eigenvalue weighted by Crippen LogP contribution is -2.35. The van der Waals surface area contributed by atoms with Gasteiger partial charge in [0.1, 0.15) is 17.5 Å². The number of rotatable bonds is 5. The summed E-state index contributed by atoms with van der Waals surface area (Å²) in [5.74, 6) is 3.80. The normalized spacial score (nSPS) is 20.7. The van der Waals surface area contributed by atoms with Gasteiger partial charge in [-0.1, -0.05) is 6.92 Å². The molecule has 0 aromatic carbocycles. The van der Waals surface area contributed by atoms with Gasteiger partial charge in [-0.25, -0.2) is 9.97 Å². The van der Waals surface area contributed by atoms with E-state index < -0.39 is 0 Å². The summed E-state index contributed by atoms with van der Waals surface area (Å²) < 4.78 is 0. The minimum absolute atomic E-state index is 0.543. The van der Waals surface area contributed by atoms with Crippen LogP contribution in [0.1, 0.15) is 49.9 Å². The number of hydrogen-bond acceptors (Lipinski definition) is 5. The average molecular weight is 289 g/mol. The first-order valence-electron chi connectivity index (χ1n) is 8.27. The number of anilines is 2. The van der Waals surface area contributed by atoms with E-state index in [1.807, 2.05) is 6.92 Å². The van der Waals surface area contributed by atoms with E-state index in [1.54, 1.807) is 0 Å². The highest BCUT2D eigenvalue weighted by Gasteiger charge is 2.28. The molecule has 1 aromatic rings. The van der Waals surface area contributed by atoms with Crippen LogP contribution in [0.3, 0.4) is 0 Å². The highest BCUT2D eigenvalue weighted by Crippen LogP contribution is 2.39. The molecule has 3 rings (SSSR count). The van der Waals surface area contributed by atoms with E-state index in [0.29, 0.717) is 11.7 Å². The molecule has 1 saturated heterocycles. The molecule has 2 fully saturated rings. The van der Waals surface area contributed by atoms with Gasteiger partial charge in [0.15, 0.2) is 0 Å². The minimum atomic E-state index is 0.543. The third-order valence-electron chi connectivity index (χ3n) is 4.86. The van der Waals surface area contributed by atoms with Crippen LogP contribution >= 0.6 is 0 Å². The number of hydrogen-bond donors (Lipinski definition) is 2. The van der Waals surface area contributed by atoms with E-state index in [0.717, 1.165) is 29.7 Å². The second-order valence-corrected chi connectivity index (χ2v) is 6.47. The van der Waals surface area contributed by atoms with Gasteiger partial charge in [0.05, 0.1) is 0 Å². The largest absolute Gasteiger partial charge is 0.383 e. The summed E-state index contributed by atoms with van der Waals surface area (Å²) >= 11 is 0. The molecule has 116 valence electrons. The van der Waals surface area contributed by atoms with Crippen LogP contribution in [0.15, 0.2) is 0 Å². The molecule has 1 aliphatic carbocycles. The molecule has 3 N–H and O–H groups in total. The monoisotopic (exact) mass is 289 g/mol. The number of aromatic nitrogens is 2. The van der Waals surface area contributed by atoms with Crippen LogP contribution in [0.4, 0.5) is 11.6 Å². The molecule has 5 nitrogen and oxygen atoms in total. The molecule has 1 aliphatic heterocycles. The fourth-order valence-electron chi connectivity index (χ4n) is 3.00. The second-order valence-electron chi connectivity index (χ2n) is 6.47. The molecule has 1 saturated carbocycles. The van der Waals surface area contributed by atoms with Crippen molar-refractivity contribution >= 4 is 11.6 Å². The minimum Gasteiger partial charge on any atom is -0.383 e. The Hall–Kier alpha value is -1.36. The van der Waals surface area contributed by atoms with Crippen LogP contribution < -0.4 is 11.1 Å². The number of nitrogens with one attached hydrogen (secondary N) is 1. The fourth-order valence-corrected chi connectivity index (χ4v) is 3.00. The quantitative estimate of drug-likeness (QED) is 0.871. The predicted molar refractivity (Wildman–Crippen MR) is 86.5 cm³/mol. The van der Waals surface area contributed by atoms with Crippen molar-refractivity contribution in [3.8, 4) is 0 Å². The van der Waals surface area contributed by atoms with Crippen molar-refractivity contribution in [1.82, 2.24) is 14.9 Å². The van der Waals surface area contributed by atoms with Crippen molar-refractivity contribution in [2.75, 3.05) is 37.2 Å². The molecule has 0 bridgehead atoms. The molecule has 2 aliphatic rings. The number of nitrogens with zero attached hydrogens (tertiary/aromatic N) is 3. The second kappa shape index (κ2) is 6.18. The summed E-state index contributed by atoms with van der Waals surface area (Å²) in [4.78, 5) is 11.7. The maximum atomic E-state index is 6.03. The van der Waals surface area contributed by atoms with Crippen molar-refractivity contribution < 1.29 is 0 Å². The summed E-state index contributed by atoms with van der Waals surface area (Å²) in [5, 5.41) is 3.53. The Bertz CT molecular complexity index is 490.